The standard InChI is InChI=1S/C8H10N.C3H7S.2CH3O.Sn/c1-7(9)8-5-3-2-4-6-8;1-3-4-2;2*1-2;/h2-5,7H,9H2,1H3;2-3H2,1H3;2*1H3;/q;;2*-1;+2. The molecule has 0 aliphatic carbocycles. The predicted molar refractivity (Wildman–Crippen MR) is 79.3 cm³/mol. The van der Waals surface area contributed by atoms with Crippen LogP contribution in [0.4, 0.5) is 0 Å². The Morgan fingerprint density at radius 3 is 2.28 bits per heavy atom. The van der Waals surface area contributed by atoms with Crippen LogP contribution in [0, 0.1) is 0 Å². The van der Waals surface area contributed by atoms with Crippen molar-refractivity contribution < 1.29 is 10.2 Å². The molecule has 1 aromatic rings. The van der Waals surface area contributed by atoms with E-state index in [0.717, 1.165) is 14.2 Å². The molecule has 1 rings (SSSR count). The topological polar surface area (TPSA) is 72.1 Å². The Bertz CT molecular complexity index is 285. The van der Waals surface area contributed by atoms with Crippen molar-refractivity contribution in [2.75, 3.05) is 23.7 Å². The van der Waals surface area contributed by atoms with Crippen LogP contribution in [0.3, 0.4) is 0 Å². The minimum Gasteiger partial charge on any atom is -0.857 e. The third kappa shape index (κ3) is 9.21. The molecule has 1 aromatic carbocycles. The second kappa shape index (κ2) is 15.3. The van der Waals surface area contributed by atoms with E-state index in [-0.39, 0.29) is 6.04 Å². The molecule has 0 fully saturated rings. The molecule has 18 heavy (non-hydrogen) atoms. The van der Waals surface area contributed by atoms with Crippen molar-refractivity contribution in [2.24, 2.45) is 5.73 Å². The van der Waals surface area contributed by atoms with Gasteiger partial charge in [0, 0.05) is 0 Å². The maximum atomic E-state index is 8.25. The first kappa shape index (κ1) is 20.6. The van der Waals surface area contributed by atoms with E-state index in [0.29, 0.717) is 0 Å². The number of rotatable bonds is 5. The molecule has 5 heteroatoms. The Balaban J connectivity index is 0. The number of benzene rings is 1. The number of thioether (sulfide) groups is 1. The summed E-state index contributed by atoms with van der Waals surface area (Å²) in [6.07, 6.45) is 0. The van der Waals surface area contributed by atoms with Crippen LogP contribution in [0.15, 0.2) is 24.3 Å². The molecule has 1 unspecified atom stereocenters. The quantitative estimate of drug-likeness (QED) is 0.566. The summed E-state index contributed by atoms with van der Waals surface area (Å²) in [6.45, 7) is 4.30. The first-order valence-corrected chi connectivity index (χ1v) is 10.3. The summed E-state index contributed by atoms with van der Waals surface area (Å²) < 4.78 is 2.94. The Morgan fingerprint density at radius 2 is 1.78 bits per heavy atom. The molecule has 0 amide bonds. The van der Waals surface area contributed by atoms with E-state index in [1.165, 1.54) is 15.1 Å². The van der Waals surface area contributed by atoms with Crippen molar-refractivity contribution in [2.45, 2.75) is 19.9 Å². The van der Waals surface area contributed by atoms with Crippen molar-refractivity contribution in [3.63, 3.8) is 0 Å². The monoisotopic (exact) mass is 377 g/mol. The van der Waals surface area contributed by atoms with Crippen LogP contribution in [0.2, 0.25) is 0 Å². The molecule has 0 saturated heterocycles. The van der Waals surface area contributed by atoms with Gasteiger partial charge in [0.2, 0.25) is 0 Å². The Morgan fingerprint density at radius 1 is 1.22 bits per heavy atom. The van der Waals surface area contributed by atoms with Crippen molar-refractivity contribution in [3.8, 4) is 0 Å². The summed E-state index contributed by atoms with van der Waals surface area (Å²) in [6, 6.07) is 8.87. The molecule has 0 aliphatic rings. The molecule has 0 bridgehead atoms. The van der Waals surface area contributed by atoms with Gasteiger partial charge >= 0.3 is 101 Å². The zero-order valence-corrected chi connectivity index (χ0v) is 15.3. The van der Waals surface area contributed by atoms with Crippen LogP contribution in [-0.4, -0.2) is 44.9 Å². The summed E-state index contributed by atoms with van der Waals surface area (Å²) in [5, 5.41) is 16.5. The Kier molecular flexibility index (Phi) is 17.5. The van der Waals surface area contributed by atoms with E-state index in [2.05, 4.69) is 49.9 Å². The van der Waals surface area contributed by atoms with Gasteiger partial charge in [0.25, 0.3) is 0 Å². The predicted octanol–water partition coefficient (Wildman–Crippen LogP) is -0.301. The van der Waals surface area contributed by atoms with E-state index in [1.807, 2.05) is 0 Å². The first-order chi connectivity index (χ1) is 8.75. The van der Waals surface area contributed by atoms with Crippen LogP contribution in [0.5, 0.6) is 0 Å². The van der Waals surface area contributed by atoms with Crippen molar-refractivity contribution in [3.05, 3.63) is 29.8 Å². The third-order valence-electron chi connectivity index (χ3n) is 2.02. The van der Waals surface area contributed by atoms with Gasteiger partial charge in [-0.25, -0.2) is 0 Å². The Hall–Kier alpha value is 0.249. The average molecular weight is 376 g/mol. The van der Waals surface area contributed by atoms with E-state index in [9.17, 15) is 0 Å². The van der Waals surface area contributed by atoms with Gasteiger partial charge in [-0.15, -0.1) is 0 Å². The van der Waals surface area contributed by atoms with E-state index >= 15 is 0 Å². The second-order valence-electron chi connectivity index (χ2n) is 3.19. The molecule has 102 valence electrons. The summed E-state index contributed by atoms with van der Waals surface area (Å²) in [5.41, 5.74) is 7.31. The van der Waals surface area contributed by atoms with Gasteiger partial charge in [0.1, 0.15) is 0 Å². The second-order valence-corrected chi connectivity index (χ2v) is 9.48. The van der Waals surface area contributed by atoms with E-state index in [1.54, 1.807) is 3.58 Å². The van der Waals surface area contributed by atoms with Crippen LogP contribution in [0.25, 0.3) is 0 Å². The average Bonchev–Trinajstić information content (AvgIpc) is 2.44. The largest absolute Gasteiger partial charge is 0.857 e. The fourth-order valence-corrected chi connectivity index (χ4v) is 7.78. The number of nitrogens with two attached hydrogens (primary N) is 1. The van der Waals surface area contributed by atoms with Crippen LogP contribution >= 0.6 is 11.8 Å². The molecule has 3 nitrogen and oxygen atoms in total. The van der Waals surface area contributed by atoms with Gasteiger partial charge in [-0.05, 0) is 0 Å². The normalized spacial score (nSPS) is 10.2. The molecule has 0 spiro atoms. The van der Waals surface area contributed by atoms with E-state index in [4.69, 9.17) is 15.9 Å². The summed E-state index contributed by atoms with van der Waals surface area (Å²) >= 11 is 1.67. The molecular formula is C13H23NO2SSn. The summed E-state index contributed by atoms with van der Waals surface area (Å²) in [4.78, 5) is 0. The maximum Gasteiger partial charge on any atom is -0.153 e. The van der Waals surface area contributed by atoms with Gasteiger partial charge in [-0.3, -0.25) is 0 Å². The fourth-order valence-electron chi connectivity index (χ4n) is 1.29. The Labute approximate surface area is 125 Å². The van der Waals surface area contributed by atoms with Crippen molar-refractivity contribution in [1.82, 2.24) is 0 Å². The molecule has 0 heterocycles. The molecule has 0 aromatic heterocycles. The van der Waals surface area contributed by atoms with Gasteiger partial charge < -0.3 is 10.2 Å². The number of hydrogen-bond acceptors (Lipinski definition) is 4. The van der Waals surface area contributed by atoms with Gasteiger partial charge in [-0.1, -0.05) is 0 Å². The molecule has 0 aliphatic heterocycles. The number of hydrogen-bond donors (Lipinski definition) is 1. The fraction of sp³-hybridized carbons (Fsp3) is 0.538. The smallest absolute Gasteiger partial charge is 0.153 e. The van der Waals surface area contributed by atoms with Crippen LogP contribution in [-0.2, 0) is 0 Å². The van der Waals surface area contributed by atoms with Gasteiger partial charge in [-0.2, -0.15) is 14.2 Å². The molecule has 0 radical (unpaired) electrons. The zero-order valence-electron chi connectivity index (χ0n) is 11.6. The molecule has 2 N–H and O–H groups in total. The summed E-state index contributed by atoms with van der Waals surface area (Å²) in [7, 11) is 1.50. The van der Waals surface area contributed by atoms with Crippen LogP contribution in [0.1, 0.15) is 25.5 Å². The minimum absolute atomic E-state index is 0.193. The zero-order chi connectivity index (χ0) is 14.4. The minimum atomic E-state index is -0.390. The van der Waals surface area contributed by atoms with Crippen molar-refractivity contribution in [1.29, 1.82) is 0 Å². The molecular weight excluding hydrogens is 353 g/mol. The van der Waals surface area contributed by atoms with Crippen LogP contribution < -0.4 is 19.5 Å². The molecule has 1 atom stereocenters. The van der Waals surface area contributed by atoms with E-state index < -0.39 is 21.1 Å². The first-order valence-electron chi connectivity index (χ1n) is 5.73. The third-order valence-corrected chi connectivity index (χ3v) is 8.15. The van der Waals surface area contributed by atoms with Gasteiger partial charge in [0.15, 0.2) is 0 Å². The maximum absolute atomic E-state index is 8.25. The SMILES string of the molecule is CCS[CH2][Sn+2][c]1ccccc1C(C)N.C[O-].C[O-]. The summed E-state index contributed by atoms with van der Waals surface area (Å²) in [5.74, 6) is 1.24. The van der Waals surface area contributed by atoms with Gasteiger partial charge in [0.05, 0.1) is 0 Å². The molecule has 0 saturated carbocycles. The van der Waals surface area contributed by atoms with Crippen molar-refractivity contribution >= 4 is 36.5 Å².